The standard InChI is InChI=1S/C17H18BrN3O2/c1-11(2)15(17(23)20-14-4-3-9-19-10-14)21-16(22)12-5-7-13(18)8-6-12/h3-11,15H,1-2H3,(H,20,23)(H,21,22)/t15-/m0/s1. The van der Waals surface area contributed by atoms with E-state index in [0.717, 1.165) is 4.47 Å². The second-order valence-corrected chi connectivity index (χ2v) is 6.35. The maximum Gasteiger partial charge on any atom is 0.251 e. The maximum absolute atomic E-state index is 12.4. The molecule has 1 aromatic heterocycles. The van der Waals surface area contributed by atoms with Crippen molar-refractivity contribution in [2.75, 3.05) is 5.32 Å². The summed E-state index contributed by atoms with van der Waals surface area (Å²) in [5.41, 5.74) is 1.11. The van der Waals surface area contributed by atoms with E-state index >= 15 is 0 Å². The van der Waals surface area contributed by atoms with Gasteiger partial charge in [-0.2, -0.15) is 0 Å². The number of anilines is 1. The number of pyridine rings is 1. The quantitative estimate of drug-likeness (QED) is 0.842. The summed E-state index contributed by atoms with van der Waals surface area (Å²) in [5.74, 6) is -0.595. The van der Waals surface area contributed by atoms with Crippen molar-refractivity contribution in [1.29, 1.82) is 0 Å². The molecule has 5 nitrogen and oxygen atoms in total. The minimum absolute atomic E-state index is 0.0499. The molecule has 0 saturated heterocycles. The Hall–Kier alpha value is -2.21. The summed E-state index contributed by atoms with van der Waals surface area (Å²) in [7, 11) is 0. The van der Waals surface area contributed by atoms with Crippen molar-refractivity contribution in [2.24, 2.45) is 5.92 Å². The molecule has 0 spiro atoms. The van der Waals surface area contributed by atoms with E-state index in [9.17, 15) is 9.59 Å². The number of hydrogen-bond donors (Lipinski definition) is 2. The molecule has 6 heteroatoms. The van der Waals surface area contributed by atoms with Gasteiger partial charge < -0.3 is 10.6 Å². The highest BCUT2D eigenvalue weighted by Gasteiger charge is 2.24. The number of nitrogens with zero attached hydrogens (tertiary/aromatic N) is 1. The van der Waals surface area contributed by atoms with Crippen LogP contribution >= 0.6 is 15.9 Å². The molecule has 2 N–H and O–H groups in total. The van der Waals surface area contributed by atoms with E-state index < -0.39 is 6.04 Å². The van der Waals surface area contributed by atoms with Crippen LogP contribution in [0.15, 0.2) is 53.3 Å². The van der Waals surface area contributed by atoms with E-state index in [2.05, 4.69) is 31.5 Å². The number of aromatic nitrogens is 1. The van der Waals surface area contributed by atoms with Crippen molar-refractivity contribution in [3.8, 4) is 0 Å². The fourth-order valence-electron chi connectivity index (χ4n) is 2.02. The van der Waals surface area contributed by atoms with Gasteiger partial charge in [-0.05, 0) is 42.3 Å². The summed E-state index contributed by atoms with van der Waals surface area (Å²) < 4.78 is 0.892. The zero-order valence-electron chi connectivity index (χ0n) is 12.9. The molecule has 0 aliphatic heterocycles. The molecule has 1 atom stereocenters. The Morgan fingerprint density at radius 1 is 1.13 bits per heavy atom. The van der Waals surface area contributed by atoms with Crippen LogP contribution in [0, 0.1) is 5.92 Å². The van der Waals surface area contributed by atoms with Crippen LogP contribution in [0.2, 0.25) is 0 Å². The van der Waals surface area contributed by atoms with Gasteiger partial charge in [-0.1, -0.05) is 29.8 Å². The zero-order chi connectivity index (χ0) is 16.8. The van der Waals surface area contributed by atoms with Crippen LogP contribution in [-0.2, 0) is 4.79 Å². The van der Waals surface area contributed by atoms with Crippen molar-refractivity contribution in [1.82, 2.24) is 10.3 Å². The summed E-state index contributed by atoms with van der Waals surface area (Å²) in [4.78, 5) is 28.7. The fourth-order valence-corrected chi connectivity index (χ4v) is 2.28. The van der Waals surface area contributed by atoms with Crippen molar-refractivity contribution in [3.05, 3.63) is 58.8 Å². The van der Waals surface area contributed by atoms with Gasteiger partial charge in [0.15, 0.2) is 0 Å². The molecule has 2 rings (SSSR count). The summed E-state index contributed by atoms with van der Waals surface area (Å²) in [6, 6.07) is 9.83. The van der Waals surface area contributed by atoms with Gasteiger partial charge in [0.1, 0.15) is 6.04 Å². The van der Waals surface area contributed by atoms with Gasteiger partial charge in [0.05, 0.1) is 11.9 Å². The van der Waals surface area contributed by atoms with Crippen molar-refractivity contribution in [2.45, 2.75) is 19.9 Å². The van der Waals surface area contributed by atoms with Crippen LogP contribution < -0.4 is 10.6 Å². The lowest BCUT2D eigenvalue weighted by molar-refractivity contribution is -0.118. The van der Waals surface area contributed by atoms with Crippen molar-refractivity contribution < 1.29 is 9.59 Å². The summed E-state index contributed by atoms with van der Waals surface area (Å²) >= 11 is 3.33. The lowest BCUT2D eigenvalue weighted by atomic mass is 10.0. The number of nitrogens with one attached hydrogen (secondary N) is 2. The Labute approximate surface area is 143 Å². The molecule has 2 amide bonds. The van der Waals surface area contributed by atoms with Crippen LogP contribution in [0.5, 0.6) is 0 Å². The number of rotatable bonds is 5. The van der Waals surface area contributed by atoms with Crippen molar-refractivity contribution in [3.63, 3.8) is 0 Å². The van der Waals surface area contributed by atoms with E-state index in [-0.39, 0.29) is 17.7 Å². The number of benzene rings is 1. The van der Waals surface area contributed by atoms with E-state index in [0.29, 0.717) is 11.3 Å². The van der Waals surface area contributed by atoms with E-state index in [4.69, 9.17) is 0 Å². The van der Waals surface area contributed by atoms with Crippen LogP contribution in [0.3, 0.4) is 0 Å². The molecule has 0 bridgehead atoms. The zero-order valence-corrected chi connectivity index (χ0v) is 14.5. The van der Waals surface area contributed by atoms with Crippen LogP contribution in [0.4, 0.5) is 5.69 Å². The van der Waals surface area contributed by atoms with Crippen molar-refractivity contribution >= 4 is 33.4 Å². The number of amides is 2. The smallest absolute Gasteiger partial charge is 0.251 e. The van der Waals surface area contributed by atoms with E-state index in [1.165, 1.54) is 0 Å². The minimum atomic E-state index is -0.633. The van der Waals surface area contributed by atoms with Gasteiger partial charge in [0.25, 0.3) is 5.91 Å². The van der Waals surface area contributed by atoms with Crippen LogP contribution in [-0.4, -0.2) is 22.8 Å². The number of carbonyl (C=O) groups excluding carboxylic acids is 2. The third kappa shape index (κ3) is 4.89. The second-order valence-electron chi connectivity index (χ2n) is 5.43. The molecular weight excluding hydrogens is 358 g/mol. The molecule has 0 aliphatic rings. The lowest BCUT2D eigenvalue weighted by Crippen LogP contribution is -2.47. The number of carbonyl (C=O) groups is 2. The maximum atomic E-state index is 12.4. The largest absolute Gasteiger partial charge is 0.340 e. The number of halogens is 1. The molecule has 2 aromatic rings. The average molecular weight is 376 g/mol. The highest BCUT2D eigenvalue weighted by Crippen LogP contribution is 2.12. The Morgan fingerprint density at radius 2 is 1.83 bits per heavy atom. The monoisotopic (exact) mass is 375 g/mol. The molecule has 23 heavy (non-hydrogen) atoms. The van der Waals surface area contributed by atoms with Gasteiger partial charge in [-0.15, -0.1) is 0 Å². The minimum Gasteiger partial charge on any atom is -0.340 e. The predicted molar refractivity (Wildman–Crippen MR) is 93.1 cm³/mol. The first-order valence-electron chi connectivity index (χ1n) is 7.24. The molecule has 0 aliphatic carbocycles. The first-order valence-corrected chi connectivity index (χ1v) is 8.04. The first-order chi connectivity index (χ1) is 11.0. The number of hydrogen-bond acceptors (Lipinski definition) is 3. The summed E-state index contributed by atoms with van der Waals surface area (Å²) in [6.07, 6.45) is 3.19. The van der Waals surface area contributed by atoms with E-state index in [1.807, 2.05) is 13.8 Å². The third-order valence-electron chi connectivity index (χ3n) is 3.27. The highest BCUT2D eigenvalue weighted by molar-refractivity contribution is 9.10. The fraction of sp³-hybridized carbons (Fsp3) is 0.235. The van der Waals surface area contributed by atoms with E-state index in [1.54, 1.807) is 48.8 Å². The van der Waals surface area contributed by atoms with Gasteiger partial charge in [0.2, 0.25) is 5.91 Å². The second kappa shape index (κ2) is 7.87. The SMILES string of the molecule is CC(C)[C@H](NC(=O)c1ccc(Br)cc1)C(=O)Nc1cccnc1. The summed E-state index contributed by atoms with van der Waals surface area (Å²) in [5, 5.41) is 5.55. The van der Waals surface area contributed by atoms with Gasteiger partial charge in [0, 0.05) is 16.2 Å². The Balaban J connectivity index is 2.07. The summed E-state index contributed by atoms with van der Waals surface area (Å²) in [6.45, 7) is 3.77. The molecule has 0 saturated carbocycles. The third-order valence-corrected chi connectivity index (χ3v) is 3.80. The molecule has 120 valence electrons. The predicted octanol–water partition coefficient (Wildman–Crippen LogP) is 3.24. The van der Waals surface area contributed by atoms with Gasteiger partial charge in [-0.3, -0.25) is 14.6 Å². The lowest BCUT2D eigenvalue weighted by Gasteiger charge is -2.21. The normalized spacial score (nSPS) is 11.8. The Kier molecular flexibility index (Phi) is 5.87. The van der Waals surface area contributed by atoms with Crippen LogP contribution in [0.25, 0.3) is 0 Å². The molecular formula is C17H18BrN3O2. The Morgan fingerprint density at radius 3 is 2.39 bits per heavy atom. The molecule has 1 aromatic carbocycles. The topological polar surface area (TPSA) is 71.1 Å². The van der Waals surface area contributed by atoms with Gasteiger partial charge >= 0.3 is 0 Å². The van der Waals surface area contributed by atoms with Crippen LogP contribution in [0.1, 0.15) is 24.2 Å². The molecule has 1 heterocycles. The molecule has 0 radical (unpaired) electrons. The average Bonchev–Trinajstić information content (AvgIpc) is 2.53. The Bertz CT molecular complexity index is 672. The highest BCUT2D eigenvalue weighted by atomic mass is 79.9. The van der Waals surface area contributed by atoms with Gasteiger partial charge in [-0.25, -0.2) is 0 Å². The molecule has 0 fully saturated rings. The molecule has 0 unspecified atom stereocenters. The first kappa shape index (κ1) is 17.1.